The predicted molar refractivity (Wildman–Crippen MR) is 91.4 cm³/mol. The van der Waals surface area contributed by atoms with Crippen molar-refractivity contribution in [2.75, 3.05) is 5.73 Å². The lowest BCUT2D eigenvalue weighted by atomic mass is 10.1. The summed E-state index contributed by atoms with van der Waals surface area (Å²) in [5, 5.41) is 6.74. The van der Waals surface area contributed by atoms with Crippen molar-refractivity contribution in [1.82, 2.24) is 24.1 Å². The molecule has 3 heterocycles. The summed E-state index contributed by atoms with van der Waals surface area (Å²) in [6.45, 7) is 0.292. The molecule has 6 nitrogen and oxygen atoms in total. The van der Waals surface area contributed by atoms with E-state index in [1.54, 1.807) is 16.9 Å². The van der Waals surface area contributed by atoms with Gasteiger partial charge in [0, 0.05) is 11.6 Å². The molecule has 0 saturated heterocycles. The fourth-order valence-electron chi connectivity index (χ4n) is 2.48. The van der Waals surface area contributed by atoms with Crippen molar-refractivity contribution < 1.29 is 13.2 Å². The highest BCUT2D eigenvalue weighted by atomic mass is 32.1. The van der Waals surface area contributed by atoms with E-state index in [0.717, 1.165) is 12.1 Å². The number of halogens is 3. The first-order chi connectivity index (χ1) is 12.4. The van der Waals surface area contributed by atoms with Crippen LogP contribution in [-0.2, 0) is 12.7 Å². The number of rotatable bonds is 3. The smallest absolute Gasteiger partial charge is 0.383 e. The Balaban J connectivity index is 1.64. The Bertz CT molecular complexity index is 1050. The molecule has 2 N–H and O–H groups in total. The van der Waals surface area contributed by atoms with Gasteiger partial charge in [-0.05, 0) is 35.3 Å². The summed E-state index contributed by atoms with van der Waals surface area (Å²) in [4.78, 5) is 8.59. The standard InChI is InChI=1S/C16H11F3N6S/c17-16(18,19)10-3-1-9(2-4-10)7-25-8-11-13(20)21-15(22-14(11)23-25)12-5-6-26-24-12/h1-6,8H,7H2,(H2,20,21,22,23). The molecule has 0 fully saturated rings. The number of anilines is 1. The molecule has 0 saturated carbocycles. The van der Waals surface area contributed by atoms with E-state index in [4.69, 9.17) is 5.73 Å². The third kappa shape index (κ3) is 3.10. The number of hydrogen-bond donors (Lipinski definition) is 1. The third-order valence-corrected chi connectivity index (χ3v) is 4.31. The molecule has 10 heteroatoms. The number of nitrogen functional groups attached to an aromatic ring is 1. The van der Waals surface area contributed by atoms with E-state index in [2.05, 4.69) is 19.4 Å². The number of alkyl halides is 3. The zero-order valence-corrected chi connectivity index (χ0v) is 13.9. The van der Waals surface area contributed by atoms with Gasteiger partial charge in [-0.15, -0.1) is 0 Å². The first kappa shape index (κ1) is 16.5. The molecule has 0 amide bonds. The first-order valence-corrected chi connectivity index (χ1v) is 8.31. The fraction of sp³-hybridized carbons (Fsp3) is 0.125. The van der Waals surface area contributed by atoms with Crippen molar-refractivity contribution in [1.29, 1.82) is 0 Å². The number of nitrogens with zero attached hydrogens (tertiary/aromatic N) is 5. The molecule has 0 unspecified atom stereocenters. The number of fused-ring (bicyclic) bond motifs is 1. The third-order valence-electron chi connectivity index (χ3n) is 3.75. The minimum absolute atomic E-state index is 0.275. The van der Waals surface area contributed by atoms with Crippen molar-refractivity contribution in [2.24, 2.45) is 0 Å². The maximum absolute atomic E-state index is 12.6. The second-order valence-corrected chi connectivity index (χ2v) is 6.24. The Morgan fingerprint density at radius 1 is 1.08 bits per heavy atom. The summed E-state index contributed by atoms with van der Waals surface area (Å²) in [6.07, 6.45) is -2.68. The lowest BCUT2D eigenvalue weighted by molar-refractivity contribution is -0.137. The minimum atomic E-state index is -4.35. The van der Waals surface area contributed by atoms with Crippen LogP contribution in [-0.4, -0.2) is 24.1 Å². The van der Waals surface area contributed by atoms with E-state index >= 15 is 0 Å². The van der Waals surface area contributed by atoms with Gasteiger partial charge in [0.25, 0.3) is 0 Å². The molecule has 0 spiro atoms. The topological polar surface area (TPSA) is 82.5 Å². The molecule has 0 aliphatic carbocycles. The summed E-state index contributed by atoms with van der Waals surface area (Å²) < 4.78 is 43.6. The van der Waals surface area contributed by atoms with Gasteiger partial charge in [-0.25, -0.2) is 9.97 Å². The van der Waals surface area contributed by atoms with Gasteiger partial charge in [0.15, 0.2) is 11.5 Å². The Hall–Kier alpha value is -3.01. The van der Waals surface area contributed by atoms with Crippen LogP contribution < -0.4 is 5.73 Å². The largest absolute Gasteiger partial charge is 0.416 e. The molecule has 0 aliphatic rings. The van der Waals surface area contributed by atoms with Crippen LogP contribution in [0.3, 0.4) is 0 Å². The van der Waals surface area contributed by atoms with E-state index in [-0.39, 0.29) is 5.82 Å². The number of hydrogen-bond acceptors (Lipinski definition) is 6. The molecule has 1 aromatic carbocycles. The van der Waals surface area contributed by atoms with Crippen molar-refractivity contribution in [3.05, 3.63) is 53.0 Å². The fourth-order valence-corrected chi connectivity index (χ4v) is 2.99. The summed E-state index contributed by atoms with van der Waals surface area (Å²) in [5.41, 5.74) is 7.00. The van der Waals surface area contributed by atoms with Gasteiger partial charge in [-0.1, -0.05) is 12.1 Å². The molecule has 0 aliphatic heterocycles. The maximum Gasteiger partial charge on any atom is 0.416 e. The van der Waals surface area contributed by atoms with Gasteiger partial charge in [0.2, 0.25) is 0 Å². The molecule has 0 atom stereocenters. The van der Waals surface area contributed by atoms with E-state index in [1.807, 2.05) is 5.38 Å². The van der Waals surface area contributed by atoms with Crippen LogP contribution in [0.25, 0.3) is 22.6 Å². The van der Waals surface area contributed by atoms with Crippen LogP contribution in [0.1, 0.15) is 11.1 Å². The van der Waals surface area contributed by atoms with Crippen molar-refractivity contribution in [2.45, 2.75) is 12.7 Å². The first-order valence-electron chi connectivity index (χ1n) is 7.48. The van der Waals surface area contributed by atoms with Crippen molar-refractivity contribution in [3.8, 4) is 11.5 Å². The highest BCUT2D eigenvalue weighted by Gasteiger charge is 2.29. The van der Waals surface area contributed by atoms with Gasteiger partial charge < -0.3 is 5.73 Å². The summed E-state index contributed by atoms with van der Waals surface area (Å²) in [5.74, 6) is 0.660. The van der Waals surface area contributed by atoms with Crippen LogP contribution >= 0.6 is 11.5 Å². The molecule has 3 aromatic heterocycles. The average molecular weight is 376 g/mol. The van der Waals surface area contributed by atoms with Crippen LogP contribution in [0, 0.1) is 0 Å². The number of nitrogens with two attached hydrogens (primary N) is 1. The van der Waals surface area contributed by atoms with Crippen LogP contribution in [0.5, 0.6) is 0 Å². The molecule has 0 bridgehead atoms. The second-order valence-electron chi connectivity index (χ2n) is 5.58. The Kier molecular flexibility index (Phi) is 3.83. The summed E-state index contributed by atoms with van der Waals surface area (Å²) in [6, 6.07) is 6.72. The van der Waals surface area contributed by atoms with E-state index < -0.39 is 11.7 Å². The SMILES string of the molecule is Nc1nc(-c2ccsn2)nc2nn(Cc3ccc(C(F)(F)F)cc3)cc12. The zero-order valence-electron chi connectivity index (χ0n) is 13.1. The predicted octanol–water partition coefficient (Wildman–Crippen LogP) is 3.60. The molecular formula is C16H11F3N6S. The van der Waals surface area contributed by atoms with Crippen LogP contribution in [0.15, 0.2) is 41.9 Å². The monoisotopic (exact) mass is 376 g/mol. The van der Waals surface area contributed by atoms with Gasteiger partial charge in [0.1, 0.15) is 11.5 Å². The number of benzene rings is 1. The molecular weight excluding hydrogens is 365 g/mol. The van der Waals surface area contributed by atoms with Gasteiger partial charge in [-0.2, -0.15) is 22.6 Å². The molecule has 0 radical (unpaired) electrons. The van der Waals surface area contributed by atoms with E-state index in [9.17, 15) is 13.2 Å². The molecule has 26 heavy (non-hydrogen) atoms. The normalized spacial score (nSPS) is 12.0. The average Bonchev–Trinajstić information content (AvgIpc) is 3.24. The summed E-state index contributed by atoms with van der Waals surface area (Å²) >= 11 is 1.28. The highest BCUT2D eigenvalue weighted by molar-refractivity contribution is 7.03. The lowest BCUT2D eigenvalue weighted by Crippen LogP contribution is -2.05. The minimum Gasteiger partial charge on any atom is -0.383 e. The van der Waals surface area contributed by atoms with Crippen LogP contribution in [0.2, 0.25) is 0 Å². The Morgan fingerprint density at radius 3 is 2.50 bits per heavy atom. The van der Waals surface area contributed by atoms with Gasteiger partial charge >= 0.3 is 6.18 Å². The quantitative estimate of drug-likeness (QED) is 0.591. The highest BCUT2D eigenvalue weighted by Crippen LogP contribution is 2.29. The van der Waals surface area contributed by atoms with E-state index in [1.165, 1.54) is 23.7 Å². The molecule has 132 valence electrons. The van der Waals surface area contributed by atoms with Gasteiger partial charge in [0.05, 0.1) is 17.5 Å². The van der Waals surface area contributed by atoms with Crippen molar-refractivity contribution >= 4 is 28.4 Å². The van der Waals surface area contributed by atoms with Crippen LogP contribution in [0.4, 0.5) is 19.0 Å². The molecule has 4 rings (SSSR count). The van der Waals surface area contributed by atoms with Gasteiger partial charge in [-0.3, -0.25) is 4.68 Å². The Morgan fingerprint density at radius 2 is 1.85 bits per heavy atom. The zero-order chi connectivity index (χ0) is 18.3. The lowest BCUT2D eigenvalue weighted by Gasteiger charge is -2.07. The summed E-state index contributed by atoms with van der Waals surface area (Å²) in [7, 11) is 0. The molecule has 4 aromatic rings. The Labute approximate surface area is 149 Å². The second kappa shape index (κ2) is 6.06. The maximum atomic E-state index is 12.6. The van der Waals surface area contributed by atoms with Crippen molar-refractivity contribution in [3.63, 3.8) is 0 Å². The number of aromatic nitrogens is 5. The van der Waals surface area contributed by atoms with E-state index in [0.29, 0.717) is 34.7 Å².